The lowest BCUT2D eigenvalue weighted by molar-refractivity contribution is -0.166. The topological polar surface area (TPSA) is 73.4 Å². The molecule has 1 fully saturated rings. The second kappa shape index (κ2) is 9.50. The Labute approximate surface area is 210 Å². The number of anilines is 1. The molecule has 1 aromatic heterocycles. The zero-order valence-electron chi connectivity index (χ0n) is 19.4. The fourth-order valence-electron chi connectivity index (χ4n) is 4.38. The van der Waals surface area contributed by atoms with Gasteiger partial charge in [0.15, 0.2) is 11.0 Å². The van der Waals surface area contributed by atoms with Crippen LogP contribution >= 0.6 is 12.2 Å². The van der Waals surface area contributed by atoms with Gasteiger partial charge in [-0.15, -0.1) is 0 Å². The molecule has 1 saturated heterocycles. The number of nitriles is 1. The predicted molar refractivity (Wildman–Crippen MR) is 127 cm³/mol. The van der Waals surface area contributed by atoms with Gasteiger partial charge in [0.2, 0.25) is 0 Å². The van der Waals surface area contributed by atoms with Gasteiger partial charge >= 0.3 is 6.18 Å². The quantitative estimate of drug-likeness (QED) is 0.373. The molecule has 1 amide bonds. The Bertz CT molecular complexity index is 1280. The Morgan fingerprint density at radius 2 is 2.03 bits per heavy atom. The number of oxazole rings is 1. The van der Waals surface area contributed by atoms with E-state index in [2.05, 4.69) is 4.98 Å². The summed E-state index contributed by atoms with van der Waals surface area (Å²) in [6.07, 6.45) is 3.18. The molecule has 188 valence electrons. The summed E-state index contributed by atoms with van der Waals surface area (Å²) in [7, 11) is 0. The minimum atomic E-state index is -4.68. The maximum atomic E-state index is 15.0. The van der Waals surface area contributed by atoms with E-state index in [1.165, 1.54) is 23.3 Å². The first-order chi connectivity index (χ1) is 16.9. The fraction of sp³-hybridized carbons (Fsp3) is 0.360. The molecule has 0 bridgehead atoms. The summed E-state index contributed by atoms with van der Waals surface area (Å²) in [5, 5.41) is 9.04. The second-order valence-corrected chi connectivity index (χ2v) is 9.41. The van der Waals surface area contributed by atoms with E-state index in [-0.39, 0.29) is 10.8 Å². The number of carbonyl (C=O) groups is 1. The number of allylic oxidation sites excluding steroid dienone is 3. The van der Waals surface area contributed by atoms with Crippen LogP contribution in [0.5, 0.6) is 0 Å². The first-order valence-corrected chi connectivity index (χ1v) is 11.6. The summed E-state index contributed by atoms with van der Waals surface area (Å²) < 4.78 is 60.8. The summed E-state index contributed by atoms with van der Waals surface area (Å²) >= 11 is 5.50. The van der Waals surface area contributed by atoms with Crippen molar-refractivity contribution in [2.45, 2.75) is 44.8 Å². The highest BCUT2D eigenvalue weighted by Crippen LogP contribution is 2.41. The molecule has 36 heavy (non-hydrogen) atoms. The number of benzene rings is 1. The molecule has 0 spiro atoms. The Hall–Kier alpha value is -3.52. The Kier molecular flexibility index (Phi) is 6.75. The number of nitrogens with zero attached hydrogens (tertiary/aromatic N) is 4. The summed E-state index contributed by atoms with van der Waals surface area (Å²) in [6.45, 7) is 3.13. The number of hydrogen-bond acceptors (Lipinski definition) is 5. The normalized spacial score (nSPS) is 21.6. The van der Waals surface area contributed by atoms with Gasteiger partial charge in [-0.2, -0.15) is 18.4 Å². The first-order valence-electron chi connectivity index (χ1n) is 11.2. The van der Waals surface area contributed by atoms with Crippen LogP contribution in [0.25, 0.3) is 0 Å². The predicted octanol–water partition coefficient (Wildman–Crippen LogP) is 5.47. The second-order valence-electron chi connectivity index (χ2n) is 9.05. The Balaban J connectivity index is 1.58. The lowest BCUT2D eigenvalue weighted by atomic mass is 9.87. The molecule has 1 aromatic carbocycles. The molecular weight excluding hydrogens is 496 g/mol. The molecule has 4 rings (SSSR count). The molecule has 2 aromatic rings. The third kappa shape index (κ3) is 4.65. The van der Waals surface area contributed by atoms with Gasteiger partial charge in [-0.1, -0.05) is 12.1 Å². The number of halogens is 4. The van der Waals surface area contributed by atoms with Crippen LogP contribution in [0.2, 0.25) is 0 Å². The number of hydrogen-bond donors (Lipinski definition) is 0. The van der Waals surface area contributed by atoms with Crippen molar-refractivity contribution in [2.75, 3.05) is 4.90 Å². The van der Waals surface area contributed by atoms with Crippen LogP contribution in [0.3, 0.4) is 0 Å². The third-order valence-corrected chi connectivity index (χ3v) is 6.65. The number of amides is 1. The van der Waals surface area contributed by atoms with Gasteiger partial charge in [0.1, 0.15) is 17.6 Å². The van der Waals surface area contributed by atoms with Gasteiger partial charge in [0.05, 0.1) is 24.1 Å². The van der Waals surface area contributed by atoms with Gasteiger partial charge in [0.25, 0.3) is 5.91 Å². The largest absolute Gasteiger partial charge is 0.449 e. The van der Waals surface area contributed by atoms with E-state index >= 15 is 0 Å². The number of rotatable bonds is 6. The molecule has 0 saturated carbocycles. The molecule has 2 heterocycles. The molecule has 0 radical (unpaired) electrons. The van der Waals surface area contributed by atoms with Crippen LogP contribution in [0.4, 0.5) is 23.2 Å². The van der Waals surface area contributed by atoms with Gasteiger partial charge in [-0.3, -0.25) is 9.69 Å². The lowest BCUT2D eigenvalue weighted by Gasteiger charge is -2.30. The van der Waals surface area contributed by atoms with Crippen LogP contribution in [-0.4, -0.2) is 32.6 Å². The van der Waals surface area contributed by atoms with Crippen molar-refractivity contribution in [1.29, 1.82) is 5.26 Å². The molecule has 0 N–H and O–H groups in total. The zero-order chi connectivity index (χ0) is 26.3. The van der Waals surface area contributed by atoms with Crippen LogP contribution in [-0.2, 0) is 17.6 Å². The van der Waals surface area contributed by atoms with Gasteiger partial charge in [-0.25, -0.2) is 9.37 Å². The van der Waals surface area contributed by atoms with E-state index in [9.17, 15) is 22.4 Å². The number of thiocarbonyl (C=S) groups is 1. The number of alkyl halides is 3. The van der Waals surface area contributed by atoms with Crippen LogP contribution < -0.4 is 4.90 Å². The minimum absolute atomic E-state index is 0.0713. The highest BCUT2D eigenvalue weighted by Gasteiger charge is 2.52. The molecule has 2 aliphatic rings. The Morgan fingerprint density at radius 1 is 1.28 bits per heavy atom. The van der Waals surface area contributed by atoms with E-state index in [4.69, 9.17) is 21.9 Å². The van der Waals surface area contributed by atoms with E-state index < -0.39 is 35.3 Å². The average molecular weight is 519 g/mol. The third-order valence-electron chi connectivity index (χ3n) is 6.28. The fourth-order valence-corrected chi connectivity index (χ4v) is 4.90. The van der Waals surface area contributed by atoms with Gasteiger partial charge in [0, 0.05) is 17.8 Å². The molecule has 6 nitrogen and oxygen atoms in total. The van der Waals surface area contributed by atoms with Crippen molar-refractivity contribution in [2.24, 2.45) is 11.8 Å². The van der Waals surface area contributed by atoms with E-state index in [0.717, 1.165) is 17.1 Å². The standard InChI is InChI=1S/C25H22F4N4O2S/c1-24(2)22(34)32(17-8-7-16(14-30)19(12-17)25(27,28)29)23(36)33(24)18-9-6-15(20(26)13-18)4-3-5-21-31-10-11-35-21/h6-13,16,19H,3-5H2,1-2H3. The maximum absolute atomic E-state index is 15.0. The summed E-state index contributed by atoms with van der Waals surface area (Å²) in [5.74, 6) is -3.97. The summed E-state index contributed by atoms with van der Waals surface area (Å²) in [6, 6.07) is 6.12. The minimum Gasteiger partial charge on any atom is -0.449 e. The Morgan fingerprint density at radius 3 is 2.64 bits per heavy atom. The molecule has 1 aliphatic carbocycles. The maximum Gasteiger partial charge on any atom is 0.396 e. The number of carbonyl (C=O) groups excluding carboxylic acids is 1. The highest BCUT2D eigenvalue weighted by atomic mass is 32.1. The molecule has 2 atom stereocenters. The zero-order valence-corrected chi connectivity index (χ0v) is 20.2. The highest BCUT2D eigenvalue weighted by molar-refractivity contribution is 7.80. The molecule has 2 unspecified atom stereocenters. The smallest absolute Gasteiger partial charge is 0.396 e. The number of aromatic nitrogens is 1. The van der Waals surface area contributed by atoms with Gasteiger partial charge in [-0.05, 0) is 68.8 Å². The number of aryl methyl sites for hydroxylation is 2. The van der Waals surface area contributed by atoms with Crippen molar-refractivity contribution in [3.05, 3.63) is 71.9 Å². The lowest BCUT2D eigenvalue weighted by Crippen LogP contribution is -2.44. The summed E-state index contributed by atoms with van der Waals surface area (Å²) in [4.78, 5) is 19.8. The van der Waals surface area contributed by atoms with Crippen LogP contribution in [0.1, 0.15) is 31.7 Å². The SMILES string of the molecule is CC1(C)C(=O)N(C2=CC(C(F)(F)F)C(C#N)C=C2)C(=S)N1c1ccc(CCCc2ncco2)c(F)c1. The average Bonchev–Trinajstić information content (AvgIpc) is 3.39. The van der Waals surface area contributed by atoms with E-state index in [0.29, 0.717) is 36.4 Å². The molecular formula is C25H22F4N4O2S. The van der Waals surface area contributed by atoms with E-state index in [1.807, 2.05) is 0 Å². The van der Waals surface area contributed by atoms with Crippen molar-refractivity contribution in [1.82, 2.24) is 9.88 Å². The first kappa shape index (κ1) is 25.6. The van der Waals surface area contributed by atoms with Crippen molar-refractivity contribution in [3.63, 3.8) is 0 Å². The van der Waals surface area contributed by atoms with Gasteiger partial charge < -0.3 is 9.32 Å². The van der Waals surface area contributed by atoms with Crippen LogP contribution in [0.15, 0.2) is 59.0 Å². The van der Waals surface area contributed by atoms with Crippen molar-refractivity contribution >= 4 is 28.9 Å². The molecule has 1 aliphatic heterocycles. The van der Waals surface area contributed by atoms with Crippen LogP contribution in [0, 0.1) is 29.0 Å². The summed E-state index contributed by atoms with van der Waals surface area (Å²) in [5.41, 5.74) is -0.592. The monoisotopic (exact) mass is 518 g/mol. The molecule has 11 heteroatoms. The van der Waals surface area contributed by atoms with Crippen molar-refractivity contribution < 1.29 is 26.8 Å². The van der Waals surface area contributed by atoms with E-state index in [1.54, 1.807) is 38.2 Å². The van der Waals surface area contributed by atoms with Crippen molar-refractivity contribution in [3.8, 4) is 6.07 Å².